The first kappa shape index (κ1) is 18.3. The highest BCUT2D eigenvalue weighted by Gasteiger charge is 2.35. The molecule has 0 fully saturated rings. The number of hydrogen-bond acceptors (Lipinski definition) is 4. The molecule has 1 amide bonds. The molecule has 1 aliphatic rings. The smallest absolute Gasteiger partial charge is 0.259 e. The Balaban J connectivity index is 1.58. The number of rotatable bonds is 5. The zero-order chi connectivity index (χ0) is 19.9. The average molecular weight is 379 g/mol. The molecular weight excluding hydrogens is 357 g/mol. The molecular formula is C21H22FN5O. The number of hydrogen-bond donors (Lipinski definition) is 0. The molecule has 0 spiro atoms. The molecule has 7 heteroatoms. The summed E-state index contributed by atoms with van der Waals surface area (Å²) in [6.07, 6.45) is 4.75. The van der Waals surface area contributed by atoms with Crippen LogP contribution >= 0.6 is 0 Å². The van der Waals surface area contributed by atoms with E-state index in [0.29, 0.717) is 23.4 Å². The van der Waals surface area contributed by atoms with E-state index in [2.05, 4.69) is 15.2 Å². The van der Waals surface area contributed by atoms with E-state index in [1.165, 1.54) is 20.0 Å². The first-order valence-electron chi connectivity index (χ1n) is 9.25. The van der Waals surface area contributed by atoms with Crippen LogP contribution in [0.1, 0.15) is 46.9 Å². The molecule has 0 N–H and O–H groups in total. The van der Waals surface area contributed by atoms with Crippen LogP contribution in [0.2, 0.25) is 0 Å². The first-order valence-corrected chi connectivity index (χ1v) is 9.25. The summed E-state index contributed by atoms with van der Waals surface area (Å²) in [6, 6.07) is 9.56. The number of amides is 1. The molecule has 0 radical (unpaired) electrons. The van der Waals surface area contributed by atoms with Gasteiger partial charge < -0.3 is 9.47 Å². The zero-order valence-corrected chi connectivity index (χ0v) is 16.2. The quantitative estimate of drug-likeness (QED) is 0.682. The molecule has 3 heterocycles. The minimum atomic E-state index is -1.60. The van der Waals surface area contributed by atoms with Crippen LogP contribution in [0.3, 0.4) is 0 Å². The van der Waals surface area contributed by atoms with Gasteiger partial charge in [-0.05, 0) is 44.0 Å². The van der Waals surface area contributed by atoms with Gasteiger partial charge in [0, 0.05) is 36.5 Å². The minimum absolute atomic E-state index is 0.117. The van der Waals surface area contributed by atoms with E-state index in [-0.39, 0.29) is 5.91 Å². The van der Waals surface area contributed by atoms with Gasteiger partial charge >= 0.3 is 0 Å². The lowest BCUT2D eigenvalue weighted by Crippen LogP contribution is -2.23. The van der Waals surface area contributed by atoms with Crippen LogP contribution in [-0.4, -0.2) is 25.7 Å². The lowest BCUT2D eigenvalue weighted by Gasteiger charge is -2.18. The van der Waals surface area contributed by atoms with Crippen molar-refractivity contribution in [3.63, 3.8) is 0 Å². The summed E-state index contributed by atoms with van der Waals surface area (Å²) in [5, 5.41) is 8.01. The molecule has 0 saturated heterocycles. The molecule has 0 atom stereocenters. The van der Waals surface area contributed by atoms with E-state index in [1.807, 2.05) is 35.9 Å². The number of pyridine rings is 1. The second-order valence-corrected chi connectivity index (χ2v) is 7.58. The van der Waals surface area contributed by atoms with Crippen LogP contribution in [0.15, 0.2) is 42.9 Å². The number of carbonyl (C=O) groups is 1. The van der Waals surface area contributed by atoms with E-state index in [0.717, 1.165) is 29.9 Å². The number of alkyl halides is 1. The van der Waals surface area contributed by atoms with Crippen molar-refractivity contribution in [2.24, 2.45) is 7.05 Å². The number of fused-ring (bicyclic) bond motifs is 1. The monoisotopic (exact) mass is 379 g/mol. The Morgan fingerprint density at radius 1 is 1.21 bits per heavy atom. The van der Waals surface area contributed by atoms with Crippen molar-refractivity contribution in [2.45, 2.75) is 38.9 Å². The van der Waals surface area contributed by atoms with Crippen molar-refractivity contribution in [2.75, 3.05) is 4.90 Å². The molecule has 0 aliphatic carbocycles. The Morgan fingerprint density at radius 2 is 2.04 bits per heavy atom. The van der Waals surface area contributed by atoms with Crippen molar-refractivity contribution in [1.82, 2.24) is 19.7 Å². The summed E-state index contributed by atoms with van der Waals surface area (Å²) in [7, 11) is 1.92. The van der Waals surface area contributed by atoms with Crippen LogP contribution in [0, 0.1) is 0 Å². The third-order valence-electron chi connectivity index (χ3n) is 5.08. The zero-order valence-electron chi connectivity index (χ0n) is 16.2. The fourth-order valence-electron chi connectivity index (χ4n) is 3.62. The molecule has 144 valence electrons. The Kier molecular flexibility index (Phi) is 4.45. The van der Waals surface area contributed by atoms with Crippen molar-refractivity contribution in [1.29, 1.82) is 0 Å². The molecule has 1 aromatic carbocycles. The third kappa shape index (κ3) is 3.28. The van der Waals surface area contributed by atoms with Crippen LogP contribution in [0.5, 0.6) is 0 Å². The van der Waals surface area contributed by atoms with Crippen LogP contribution < -0.4 is 4.90 Å². The number of halogens is 1. The fourth-order valence-corrected chi connectivity index (χ4v) is 3.62. The number of nitrogens with zero attached hydrogens (tertiary/aromatic N) is 5. The van der Waals surface area contributed by atoms with Gasteiger partial charge in [-0.15, -0.1) is 10.2 Å². The van der Waals surface area contributed by atoms with E-state index in [4.69, 9.17) is 0 Å². The molecule has 1 aliphatic heterocycles. The van der Waals surface area contributed by atoms with E-state index in [1.54, 1.807) is 17.3 Å². The Hall–Kier alpha value is -3.09. The molecule has 6 nitrogen and oxygen atoms in total. The Labute approximate surface area is 163 Å². The summed E-state index contributed by atoms with van der Waals surface area (Å²) in [5.74, 6) is 0.796. The van der Waals surface area contributed by atoms with Gasteiger partial charge in [0.25, 0.3) is 5.91 Å². The predicted octanol–water partition coefficient (Wildman–Crippen LogP) is 3.36. The van der Waals surface area contributed by atoms with Gasteiger partial charge in [0.1, 0.15) is 17.8 Å². The lowest BCUT2D eigenvalue weighted by molar-refractivity contribution is 0.0996. The maximum Gasteiger partial charge on any atom is 0.259 e. The van der Waals surface area contributed by atoms with Gasteiger partial charge in [-0.3, -0.25) is 9.78 Å². The second kappa shape index (κ2) is 6.82. The van der Waals surface area contributed by atoms with Gasteiger partial charge in [-0.2, -0.15) is 0 Å². The Bertz CT molecular complexity index is 1040. The maximum absolute atomic E-state index is 14.6. The molecule has 0 saturated carbocycles. The summed E-state index contributed by atoms with van der Waals surface area (Å²) < 4.78 is 16.5. The fraction of sp³-hybridized carbons (Fsp3) is 0.333. The van der Waals surface area contributed by atoms with Gasteiger partial charge in [-0.25, -0.2) is 4.39 Å². The highest BCUT2D eigenvalue weighted by atomic mass is 19.1. The molecule has 3 aromatic rings. The van der Waals surface area contributed by atoms with Crippen LogP contribution in [-0.2, 0) is 32.1 Å². The first-order chi connectivity index (χ1) is 13.3. The maximum atomic E-state index is 14.6. The number of aromatic nitrogens is 4. The average Bonchev–Trinajstić information content (AvgIpc) is 3.22. The largest absolute Gasteiger partial charge is 0.321 e. The number of aryl methyl sites for hydroxylation is 3. The standard InChI is InChI=1S/C21H22FN5O/c1-21(2,22)19-17-12-27(20(28)16(17)9-10-23-19)15-6-4-5-14(11-15)7-8-18-25-24-13-26(18)3/h4-6,9-11,13H,7-8,12H2,1-3H3. The molecule has 28 heavy (non-hydrogen) atoms. The Morgan fingerprint density at radius 3 is 2.75 bits per heavy atom. The molecule has 4 rings (SSSR count). The SMILES string of the molecule is Cn1cnnc1CCc1cccc(N2Cc3c(ccnc3C(C)(C)F)C2=O)c1. The van der Waals surface area contributed by atoms with Gasteiger partial charge in [0.2, 0.25) is 0 Å². The number of anilines is 1. The molecule has 2 aromatic heterocycles. The van der Waals surface area contributed by atoms with Crippen molar-refractivity contribution < 1.29 is 9.18 Å². The topological polar surface area (TPSA) is 63.9 Å². The van der Waals surface area contributed by atoms with Gasteiger partial charge in [0.05, 0.1) is 12.2 Å². The summed E-state index contributed by atoms with van der Waals surface area (Å²) >= 11 is 0. The van der Waals surface area contributed by atoms with Gasteiger partial charge in [0.15, 0.2) is 0 Å². The highest BCUT2D eigenvalue weighted by molar-refractivity contribution is 6.10. The van der Waals surface area contributed by atoms with Crippen molar-refractivity contribution >= 4 is 11.6 Å². The molecule has 0 bridgehead atoms. The second-order valence-electron chi connectivity index (χ2n) is 7.58. The predicted molar refractivity (Wildman–Crippen MR) is 104 cm³/mol. The van der Waals surface area contributed by atoms with E-state index < -0.39 is 5.67 Å². The summed E-state index contributed by atoms with van der Waals surface area (Å²) in [4.78, 5) is 18.8. The minimum Gasteiger partial charge on any atom is -0.321 e. The van der Waals surface area contributed by atoms with Crippen LogP contribution in [0.25, 0.3) is 0 Å². The van der Waals surface area contributed by atoms with E-state index >= 15 is 0 Å². The number of carbonyl (C=O) groups excluding carboxylic acids is 1. The number of benzene rings is 1. The van der Waals surface area contributed by atoms with E-state index in [9.17, 15) is 9.18 Å². The summed E-state index contributed by atoms with van der Waals surface area (Å²) in [6.45, 7) is 3.27. The third-order valence-corrected chi connectivity index (χ3v) is 5.08. The highest BCUT2D eigenvalue weighted by Crippen LogP contribution is 2.35. The summed E-state index contributed by atoms with van der Waals surface area (Å²) in [5.41, 5.74) is 1.84. The lowest BCUT2D eigenvalue weighted by atomic mass is 9.99. The normalized spacial score (nSPS) is 13.9. The van der Waals surface area contributed by atoms with Gasteiger partial charge in [-0.1, -0.05) is 12.1 Å². The van der Waals surface area contributed by atoms with Crippen molar-refractivity contribution in [3.8, 4) is 0 Å². The molecule has 0 unspecified atom stereocenters. The van der Waals surface area contributed by atoms with Crippen molar-refractivity contribution in [3.05, 3.63) is 71.1 Å². The van der Waals surface area contributed by atoms with Crippen LogP contribution in [0.4, 0.5) is 10.1 Å².